The van der Waals surface area contributed by atoms with E-state index in [9.17, 15) is 9.90 Å². The maximum absolute atomic E-state index is 11.8. The SMILES string of the molecule is CC(C)=CC(O)C1CCCC(C)C1=O. The van der Waals surface area contributed by atoms with Crippen molar-refractivity contribution in [2.24, 2.45) is 11.8 Å². The number of aliphatic hydroxyl groups is 1. The van der Waals surface area contributed by atoms with E-state index in [0.29, 0.717) is 0 Å². The number of Topliss-reactive ketones (excluding diaryl/α,β-unsaturated/α-hetero) is 1. The summed E-state index contributed by atoms with van der Waals surface area (Å²) in [6.45, 7) is 5.85. The summed E-state index contributed by atoms with van der Waals surface area (Å²) in [5, 5.41) is 9.84. The second kappa shape index (κ2) is 4.74. The van der Waals surface area contributed by atoms with Gasteiger partial charge in [0.05, 0.1) is 6.10 Å². The maximum Gasteiger partial charge on any atom is 0.141 e. The summed E-state index contributed by atoms with van der Waals surface area (Å²) in [7, 11) is 0. The Hall–Kier alpha value is -0.630. The lowest BCUT2D eigenvalue weighted by molar-refractivity contribution is -0.131. The Kier molecular flexibility index (Phi) is 3.87. The number of carbonyl (C=O) groups excluding carboxylic acids is 1. The number of allylic oxidation sites excluding steroid dienone is 1. The summed E-state index contributed by atoms with van der Waals surface area (Å²) in [4.78, 5) is 11.8. The average Bonchev–Trinajstić information content (AvgIpc) is 2.08. The van der Waals surface area contributed by atoms with Crippen LogP contribution in [0.5, 0.6) is 0 Å². The van der Waals surface area contributed by atoms with E-state index in [4.69, 9.17) is 0 Å². The monoisotopic (exact) mass is 196 g/mol. The molecule has 1 rings (SSSR count). The Bertz CT molecular complexity index is 239. The molecular formula is C12H20O2. The molecule has 0 amide bonds. The Morgan fingerprint density at radius 1 is 1.50 bits per heavy atom. The minimum Gasteiger partial charge on any atom is -0.388 e. The standard InChI is InChI=1S/C12H20O2/c1-8(2)7-11(13)10-6-4-5-9(3)12(10)14/h7,9-11,13H,4-6H2,1-3H3. The van der Waals surface area contributed by atoms with E-state index in [1.54, 1.807) is 6.08 Å². The van der Waals surface area contributed by atoms with Gasteiger partial charge in [0.2, 0.25) is 0 Å². The number of carbonyl (C=O) groups is 1. The van der Waals surface area contributed by atoms with E-state index in [-0.39, 0.29) is 17.6 Å². The first-order chi connectivity index (χ1) is 6.52. The first kappa shape index (κ1) is 11.4. The van der Waals surface area contributed by atoms with Crippen molar-refractivity contribution >= 4 is 5.78 Å². The van der Waals surface area contributed by atoms with E-state index in [2.05, 4.69) is 0 Å². The minimum atomic E-state index is -0.574. The third-order valence-corrected chi connectivity index (χ3v) is 2.92. The van der Waals surface area contributed by atoms with Gasteiger partial charge in [0, 0.05) is 11.8 Å². The summed E-state index contributed by atoms with van der Waals surface area (Å²) in [6.07, 6.45) is 4.10. The molecule has 14 heavy (non-hydrogen) atoms. The molecule has 0 spiro atoms. The van der Waals surface area contributed by atoms with Crippen LogP contribution in [0.3, 0.4) is 0 Å². The second-order valence-corrected chi connectivity index (χ2v) is 4.58. The molecule has 2 heteroatoms. The van der Waals surface area contributed by atoms with Gasteiger partial charge in [0.25, 0.3) is 0 Å². The van der Waals surface area contributed by atoms with E-state index in [1.165, 1.54) is 0 Å². The van der Waals surface area contributed by atoms with Crippen molar-refractivity contribution < 1.29 is 9.90 Å². The predicted molar refractivity (Wildman–Crippen MR) is 56.9 cm³/mol. The van der Waals surface area contributed by atoms with E-state index in [0.717, 1.165) is 24.8 Å². The molecular weight excluding hydrogens is 176 g/mol. The first-order valence-corrected chi connectivity index (χ1v) is 5.39. The van der Waals surface area contributed by atoms with Gasteiger partial charge in [-0.2, -0.15) is 0 Å². The molecule has 3 unspecified atom stereocenters. The zero-order chi connectivity index (χ0) is 10.7. The fourth-order valence-corrected chi connectivity index (χ4v) is 2.09. The van der Waals surface area contributed by atoms with Crippen molar-refractivity contribution in [2.75, 3.05) is 0 Å². The molecule has 1 fully saturated rings. The van der Waals surface area contributed by atoms with Gasteiger partial charge in [-0.05, 0) is 26.7 Å². The third-order valence-electron chi connectivity index (χ3n) is 2.92. The number of ketones is 1. The highest BCUT2D eigenvalue weighted by Gasteiger charge is 2.32. The highest BCUT2D eigenvalue weighted by Crippen LogP contribution is 2.28. The molecule has 1 N–H and O–H groups in total. The van der Waals surface area contributed by atoms with Crippen molar-refractivity contribution in [3.8, 4) is 0 Å². The molecule has 1 aliphatic carbocycles. The van der Waals surface area contributed by atoms with E-state index in [1.807, 2.05) is 20.8 Å². The van der Waals surface area contributed by atoms with Crippen LogP contribution in [0.25, 0.3) is 0 Å². The topological polar surface area (TPSA) is 37.3 Å². The number of hydrogen-bond acceptors (Lipinski definition) is 2. The fraction of sp³-hybridized carbons (Fsp3) is 0.750. The van der Waals surface area contributed by atoms with Crippen LogP contribution in [0.2, 0.25) is 0 Å². The molecule has 0 heterocycles. The van der Waals surface area contributed by atoms with Gasteiger partial charge in [-0.25, -0.2) is 0 Å². The third kappa shape index (κ3) is 2.68. The van der Waals surface area contributed by atoms with E-state index >= 15 is 0 Å². The van der Waals surface area contributed by atoms with Crippen LogP contribution in [-0.2, 0) is 4.79 Å². The van der Waals surface area contributed by atoms with Gasteiger partial charge < -0.3 is 5.11 Å². The Morgan fingerprint density at radius 2 is 2.14 bits per heavy atom. The molecule has 0 bridgehead atoms. The quantitative estimate of drug-likeness (QED) is 0.688. The minimum absolute atomic E-state index is 0.133. The highest BCUT2D eigenvalue weighted by molar-refractivity contribution is 5.84. The van der Waals surface area contributed by atoms with Crippen LogP contribution in [0.15, 0.2) is 11.6 Å². The van der Waals surface area contributed by atoms with Crippen molar-refractivity contribution in [3.63, 3.8) is 0 Å². The second-order valence-electron chi connectivity index (χ2n) is 4.58. The summed E-state index contributed by atoms with van der Waals surface area (Å²) in [6, 6.07) is 0. The molecule has 0 aromatic rings. The number of hydrogen-bond donors (Lipinski definition) is 1. The average molecular weight is 196 g/mol. The first-order valence-electron chi connectivity index (χ1n) is 5.39. The summed E-state index contributed by atoms with van der Waals surface area (Å²) >= 11 is 0. The molecule has 1 saturated carbocycles. The molecule has 0 aliphatic heterocycles. The molecule has 0 aromatic heterocycles. The smallest absolute Gasteiger partial charge is 0.141 e. The summed E-state index contributed by atoms with van der Waals surface area (Å²) in [5.74, 6) is 0.212. The number of rotatable bonds is 2. The predicted octanol–water partition coefficient (Wildman–Crippen LogP) is 2.32. The fourth-order valence-electron chi connectivity index (χ4n) is 2.09. The van der Waals surface area contributed by atoms with Crippen LogP contribution in [0.4, 0.5) is 0 Å². The molecule has 1 aliphatic rings. The van der Waals surface area contributed by atoms with Gasteiger partial charge in [0.15, 0.2) is 0 Å². The zero-order valence-corrected chi connectivity index (χ0v) is 9.29. The normalized spacial score (nSPS) is 29.9. The Balaban J connectivity index is 2.67. The van der Waals surface area contributed by atoms with Crippen molar-refractivity contribution in [2.45, 2.75) is 46.1 Å². The summed E-state index contributed by atoms with van der Waals surface area (Å²) < 4.78 is 0. The molecule has 0 radical (unpaired) electrons. The molecule has 2 nitrogen and oxygen atoms in total. The molecule has 3 atom stereocenters. The van der Waals surface area contributed by atoms with Crippen molar-refractivity contribution in [3.05, 3.63) is 11.6 Å². The Labute approximate surface area is 86.0 Å². The molecule has 80 valence electrons. The van der Waals surface area contributed by atoms with Gasteiger partial charge >= 0.3 is 0 Å². The van der Waals surface area contributed by atoms with Crippen LogP contribution < -0.4 is 0 Å². The molecule has 0 saturated heterocycles. The Morgan fingerprint density at radius 3 is 2.71 bits per heavy atom. The van der Waals surface area contributed by atoms with E-state index < -0.39 is 6.10 Å². The van der Waals surface area contributed by atoms with Gasteiger partial charge in [0.1, 0.15) is 5.78 Å². The summed E-state index contributed by atoms with van der Waals surface area (Å²) in [5.41, 5.74) is 1.07. The van der Waals surface area contributed by atoms with Crippen LogP contribution >= 0.6 is 0 Å². The van der Waals surface area contributed by atoms with Crippen molar-refractivity contribution in [1.82, 2.24) is 0 Å². The molecule has 0 aromatic carbocycles. The number of aliphatic hydroxyl groups excluding tert-OH is 1. The van der Waals surface area contributed by atoms with Gasteiger partial charge in [-0.1, -0.05) is 25.0 Å². The van der Waals surface area contributed by atoms with Crippen LogP contribution in [0.1, 0.15) is 40.0 Å². The van der Waals surface area contributed by atoms with Crippen LogP contribution in [-0.4, -0.2) is 17.0 Å². The maximum atomic E-state index is 11.8. The van der Waals surface area contributed by atoms with Crippen molar-refractivity contribution in [1.29, 1.82) is 0 Å². The largest absolute Gasteiger partial charge is 0.388 e. The van der Waals surface area contributed by atoms with Gasteiger partial charge in [-0.15, -0.1) is 0 Å². The lowest BCUT2D eigenvalue weighted by Crippen LogP contribution is -2.34. The highest BCUT2D eigenvalue weighted by atomic mass is 16.3. The lowest BCUT2D eigenvalue weighted by atomic mass is 9.78. The lowest BCUT2D eigenvalue weighted by Gasteiger charge is -2.27. The van der Waals surface area contributed by atoms with Crippen LogP contribution in [0, 0.1) is 11.8 Å². The van der Waals surface area contributed by atoms with Gasteiger partial charge in [-0.3, -0.25) is 4.79 Å². The zero-order valence-electron chi connectivity index (χ0n) is 9.29.